The number of hydrogen-bond acceptors (Lipinski definition) is 7. The van der Waals surface area contributed by atoms with Gasteiger partial charge in [-0.25, -0.2) is 13.2 Å². The molecule has 0 bridgehead atoms. The molecule has 1 aromatic carbocycles. The fraction of sp³-hybridized carbons (Fsp3) is 0.444. The van der Waals surface area contributed by atoms with Gasteiger partial charge in [0.15, 0.2) is 5.03 Å². The van der Waals surface area contributed by atoms with E-state index in [1.54, 1.807) is 6.92 Å². The number of carbonyl (C=O) groups is 1. The molecule has 9 nitrogen and oxygen atoms in total. The molecule has 1 fully saturated rings. The molecule has 1 aromatic heterocycles. The maximum Gasteiger partial charge on any atom is 0.342 e. The Hall–Kier alpha value is -2.59. The highest BCUT2D eigenvalue weighted by atomic mass is 32.2. The Morgan fingerprint density at radius 3 is 2.54 bits per heavy atom. The van der Waals surface area contributed by atoms with Crippen molar-refractivity contribution in [2.45, 2.75) is 18.9 Å². The van der Waals surface area contributed by atoms with E-state index in [1.165, 1.54) is 10.5 Å². The molecule has 0 spiro atoms. The van der Waals surface area contributed by atoms with E-state index in [1.807, 2.05) is 31.2 Å². The number of nitrogens with one attached hydrogen (secondary N) is 1. The van der Waals surface area contributed by atoms with Crippen LogP contribution in [0.4, 0.5) is 5.69 Å². The lowest BCUT2D eigenvalue weighted by atomic mass is 10.2. The van der Waals surface area contributed by atoms with Gasteiger partial charge in [-0.15, -0.1) is 0 Å². The van der Waals surface area contributed by atoms with E-state index in [-0.39, 0.29) is 30.3 Å². The molecule has 1 aliphatic rings. The zero-order valence-corrected chi connectivity index (χ0v) is 16.7. The van der Waals surface area contributed by atoms with Crippen LogP contribution >= 0.6 is 0 Å². The second kappa shape index (κ2) is 8.61. The number of para-hydroxylation sites is 2. The quantitative estimate of drug-likeness (QED) is 0.692. The lowest BCUT2D eigenvalue weighted by molar-refractivity contribution is 0.0521. The van der Waals surface area contributed by atoms with Crippen molar-refractivity contribution in [1.82, 2.24) is 14.5 Å². The van der Waals surface area contributed by atoms with Crippen molar-refractivity contribution in [1.29, 1.82) is 0 Å². The summed E-state index contributed by atoms with van der Waals surface area (Å²) in [6.45, 7) is 5.87. The SMILES string of the molecule is CCOC(=O)c1cn[nH]c1S(=O)(=O)N1CCN(c2ccccc2OCC)CC1. The summed E-state index contributed by atoms with van der Waals surface area (Å²) in [5.41, 5.74) is 0.862. The third kappa shape index (κ3) is 3.97. The average Bonchev–Trinajstić information content (AvgIpc) is 3.20. The van der Waals surface area contributed by atoms with Crippen LogP contribution in [-0.4, -0.2) is 68.3 Å². The van der Waals surface area contributed by atoms with Crippen molar-refractivity contribution >= 4 is 21.7 Å². The Morgan fingerprint density at radius 1 is 1.14 bits per heavy atom. The maximum atomic E-state index is 13.0. The third-order valence-corrected chi connectivity index (χ3v) is 6.31. The summed E-state index contributed by atoms with van der Waals surface area (Å²) < 4.78 is 37.9. The molecule has 3 rings (SSSR count). The summed E-state index contributed by atoms with van der Waals surface area (Å²) in [7, 11) is -3.88. The highest BCUT2D eigenvalue weighted by molar-refractivity contribution is 7.89. The Labute approximate surface area is 164 Å². The number of esters is 1. The number of benzene rings is 1. The first-order valence-corrected chi connectivity index (χ1v) is 10.6. The standard InChI is InChI=1S/C18H24N4O5S/c1-3-26-16-8-6-5-7-15(16)21-9-11-22(12-10-21)28(24,25)17-14(13-19-20-17)18(23)27-4-2/h5-8,13H,3-4,9-12H2,1-2H3,(H,19,20). The molecule has 1 N–H and O–H groups in total. The number of carbonyl (C=O) groups excluding carboxylic acids is 1. The average molecular weight is 408 g/mol. The van der Waals surface area contributed by atoms with Crippen LogP contribution < -0.4 is 9.64 Å². The van der Waals surface area contributed by atoms with Crippen LogP contribution in [0.2, 0.25) is 0 Å². The number of aromatic nitrogens is 2. The zero-order valence-electron chi connectivity index (χ0n) is 15.9. The van der Waals surface area contributed by atoms with Crippen molar-refractivity contribution in [2.24, 2.45) is 0 Å². The number of anilines is 1. The van der Waals surface area contributed by atoms with Gasteiger partial charge >= 0.3 is 5.97 Å². The zero-order chi connectivity index (χ0) is 20.1. The number of rotatable bonds is 7. The monoisotopic (exact) mass is 408 g/mol. The molecule has 10 heteroatoms. The molecule has 0 amide bonds. The van der Waals surface area contributed by atoms with E-state index < -0.39 is 16.0 Å². The summed E-state index contributed by atoms with van der Waals surface area (Å²) in [6, 6.07) is 7.70. The Morgan fingerprint density at radius 2 is 1.86 bits per heavy atom. The lowest BCUT2D eigenvalue weighted by Crippen LogP contribution is -2.49. The van der Waals surface area contributed by atoms with Crippen molar-refractivity contribution in [3.05, 3.63) is 36.0 Å². The van der Waals surface area contributed by atoms with Crippen molar-refractivity contribution < 1.29 is 22.7 Å². The van der Waals surface area contributed by atoms with E-state index in [9.17, 15) is 13.2 Å². The minimum absolute atomic E-state index is 0.0778. The number of piperazine rings is 1. The first kappa shape index (κ1) is 20.2. The second-order valence-corrected chi connectivity index (χ2v) is 8.00. The summed E-state index contributed by atoms with van der Waals surface area (Å²) in [4.78, 5) is 14.1. The van der Waals surface area contributed by atoms with Gasteiger partial charge in [-0.3, -0.25) is 5.10 Å². The molecule has 28 heavy (non-hydrogen) atoms. The summed E-state index contributed by atoms with van der Waals surface area (Å²) in [5.74, 6) is 0.0681. The lowest BCUT2D eigenvalue weighted by Gasteiger charge is -2.35. The minimum Gasteiger partial charge on any atom is -0.492 e. The molecular weight excluding hydrogens is 384 g/mol. The number of aromatic amines is 1. The van der Waals surface area contributed by atoms with E-state index in [0.717, 1.165) is 11.4 Å². The number of sulfonamides is 1. The Balaban J connectivity index is 1.75. The Bertz CT molecular complexity index is 920. The fourth-order valence-electron chi connectivity index (χ4n) is 3.12. The molecule has 0 atom stereocenters. The van der Waals surface area contributed by atoms with Gasteiger partial charge in [0, 0.05) is 26.2 Å². The predicted octanol–water partition coefficient (Wildman–Crippen LogP) is 1.50. The first-order valence-electron chi connectivity index (χ1n) is 9.16. The summed E-state index contributed by atoms with van der Waals surface area (Å²) in [6.07, 6.45) is 1.18. The molecule has 2 heterocycles. The van der Waals surface area contributed by atoms with Crippen LogP contribution in [0.3, 0.4) is 0 Å². The van der Waals surface area contributed by atoms with Gasteiger partial charge in [0.05, 0.1) is 25.1 Å². The smallest absolute Gasteiger partial charge is 0.342 e. The first-order chi connectivity index (χ1) is 13.5. The molecule has 0 saturated carbocycles. The Kier molecular flexibility index (Phi) is 6.20. The fourth-order valence-corrected chi connectivity index (χ4v) is 4.60. The minimum atomic E-state index is -3.88. The van der Waals surface area contributed by atoms with Crippen LogP contribution in [-0.2, 0) is 14.8 Å². The van der Waals surface area contributed by atoms with Crippen LogP contribution in [0.1, 0.15) is 24.2 Å². The van der Waals surface area contributed by atoms with Crippen LogP contribution in [0.15, 0.2) is 35.5 Å². The molecule has 0 unspecified atom stereocenters. The van der Waals surface area contributed by atoms with Crippen molar-refractivity contribution in [2.75, 3.05) is 44.3 Å². The van der Waals surface area contributed by atoms with Crippen LogP contribution in [0, 0.1) is 0 Å². The molecule has 0 aliphatic carbocycles. The van der Waals surface area contributed by atoms with Gasteiger partial charge in [0.2, 0.25) is 0 Å². The molecule has 1 aliphatic heterocycles. The summed E-state index contributed by atoms with van der Waals surface area (Å²) in [5, 5.41) is 5.93. The predicted molar refractivity (Wildman–Crippen MR) is 103 cm³/mol. The van der Waals surface area contributed by atoms with E-state index >= 15 is 0 Å². The van der Waals surface area contributed by atoms with Gasteiger partial charge in [-0.2, -0.15) is 9.40 Å². The second-order valence-electron chi connectivity index (χ2n) is 6.13. The maximum absolute atomic E-state index is 13.0. The molecule has 0 radical (unpaired) electrons. The van der Waals surface area contributed by atoms with E-state index in [4.69, 9.17) is 9.47 Å². The van der Waals surface area contributed by atoms with Crippen molar-refractivity contribution in [3.8, 4) is 5.75 Å². The van der Waals surface area contributed by atoms with Gasteiger partial charge < -0.3 is 14.4 Å². The molecule has 2 aromatic rings. The van der Waals surface area contributed by atoms with Crippen molar-refractivity contribution in [3.63, 3.8) is 0 Å². The van der Waals surface area contributed by atoms with Crippen LogP contribution in [0.25, 0.3) is 0 Å². The van der Waals surface area contributed by atoms with Gasteiger partial charge in [0.25, 0.3) is 10.0 Å². The summed E-state index contributed by atoms with van der Waals surface area (Å²) >= 11 is 0. The third-order valence-electron chi connectivity index (χ3n) is 4.44. The highest BCUT2D eigenvalue weighted by Crippen LogP contribution is 2.30. The molecule has 152 valence electrons. The topological polar surface area (TPSA) is 105 Å². The molecule has 1 saturated heterocycles. The number of H-pyrrole nitrogens is 1. The number of nitrogens with zero attached hydrogens (tertiary/aromatic N) is 3. The van der Waals surface area contributed by atoms with E-state index in [0.29, 0.717) is 19.7 Å². The molecular formula is C18H24N4O5S. The van der Waals surface area contributed by atoms with Gasteiger partial charge in [-0.05, 0) is 26.0 Å². The number of ether oxygens (including phenoxy) is 2. The van der Waals surface area contributed by atoms with Gasteiger partial charge in [-0.1, -0.05) is 12.1 Å². The normalized spacial score (nSPS) is 15.4. The largest absolute Gasteiger partial charge is 0.492 e. The number of hydrogen-bond donors (Lipinski definition) is 1. The highest BCUT2D eigenvalue weighted by Gasteiger charge is 2.34. The van der Waals surface area contributed by atoms with Gasteiger partial charge in [0.1, 0.15) is 11.3 Å². The van der Waals surface area contributed by atoms with E-state index in [2.05, 4.69) is 15.1 Å². The van der Waals surface area contributed by atoms with Crippen LogP contribution in [0.5, 0.6) is 5.75 Å².